The lowest BCUT2D eigenvalue weighted by Gasteiger charge is -2.21. The third-order valence-electron chi connectivity index (χ3n) is 2.39. The first-order valence-electron chi connectivity index (χ1n) is 5.53. The first-order valence-corrected chi connectivity index (χ1v) is 6.41. The molecule has 1 aromatic heterocycles. The highest BCUT2D eigenvalue weighted by Gasteiger charge is 2.19. The Morgan fingerprint density at radius 3 is 2.75 bits per heavy atom. The molecule has 2 N–H and O–H groups in total. The van der Waals surface area contributed by atoms with Gasteiger partial charge in [0.15, 0.2) is 0 Å². The molecule has 0 aromatic carbocycles. The molecule has 0 aliphatic heterocycles. The van der Waals surface area contributed by atoms with Crippen LogP contribution in [0.1, 0.15) is 25.1 Å². The van der Waals surface area contributed by atoms with Crippen LogP contribution in [0.2, 0.25) is 0 Å². The van der Waals surface area contributed by atoms with Crippen LogP contribution in [0.25, 0.3) is 0 Å². The third kappa shape index (κ3) is 3.94. The number of nitrogens with zero attached hydrogens (tertiary/aromatic N) is 1. The minimum Gasteiger partial charge on any atom is -0.339 e. The van der Waals surface area contributed by atoms with Crippen molar-refractivity contribution in [3.63, 3.8) is 0 Å². The predicted octanol–water partition coefficient (Wildman–Crippen LogP) is 2.08. The van der Waals surface area contributed by atoms with Crippen molar-refractivity contribution in [3.05, 3.63) is 22.4 Å². The summed E-state index contributed by atoms with van der Waals surface area (Å²) in [5.74, 6) is 0.483. The average molecular weight is 240 g/mol. The van der Waals surface area contributed by atoms with Crippen LogP contribution in [0, 0.1) is 5.92 Å². The van der Waals surface area contributed by atoms with Gasteiger partial charge in [-0.25, -0.2) is 0 Å². The van der Waals surface area contributed by atoms with Gasteiger partial charge in [-0.15, -0.1) is 11.3 Å². The zero-order valence-corrected chi connectivity index (χ0v) is 11.0. The number of hydrogen-bond acceptors (Lipinski definition) is 3. The Kier molecular flexibility index (Phi) is 4.96. The molecule has 1 atom stereocenters. The van der Waals surface area contributed by atoms with E-state index in [1.54, 1.807) is 16.2 Å². The molecular weight excluding hydrogens is 220 g/mol. The van der Waals surface area contributed by atoms with Crippen molar-refractivity contribution >= 4 is 17.2 Å². The Balaban J connectivity index is 2.47. The molecule has 1 unspecified atom stereocenters. The Morgan fingerprint density at radius 1 is 1.56 bits per heavy atom. The summed E-state index contributed by atoms with van der Waals surface area (Å²) in [7, 11) is 1.81. The van der Waals surface area contributed by atoms with Crippen molar-refractivity contribution in [1.82, 2.24) is 4.90 Å². The van der Waals surface area contributed by atoms with Crippen LogP contribution in [0.15, 0.2) is 17.5 Å². The molecule has 90 valence electrons. The van der Waals surface area contributed by atoms with Crippen LogP contribution in [-0.4, -0.2) is 23.9 Å². The van der Waals surface area contributed by atoms with Crippen LogP contribution in [0.4, 0.5) is 0 Å². The molecule has 1 heterocycles. The van der Waals surface area contributed by atoms with Gasteiger partial charge >= 0.3 is 0 Å². The first kappa shape index (κ1) is 13.2. The maximum atomic E-state index is 11.9. The van der Waals surface area contributed by atoms with Crippen molar-refractivity contribution in [1.29, 1.82) is 0 Å². The summed E-state index contributed by atoms with van der Waals surface area (Å²) < 4.78 is 0. The second-order valence-corrected chi connectivity index (χ2v) is 5.54. The van der Waals surface area contributed by atoms with E-state index >= 15 is 0 Å². The van der Waals surface area contributed by atoms with Crippen LogP contribution in [0.3, 0.4) is 0 Å². The number of amides is 1. The normalized spacial score (nSPS) is 12.8. The fraction of sp³-hybridized carbons (Fsp3) is 0.583. The maximum Gasteiger partial charge on any atom is 0.239 e. The minimum absolute atomic E-state index is 0.0297. The van der Waals surface area contributed by atoms with Gasteiger partial charge in [-0.05, 0) is 23.8 Å². The van der Waals surface area contributed by atoms with Gasteiger partial charge in [-0.1, -0.05) is 19.9 Å². The molecular formula is C12H20N2OS. The molecule has 0 saturated heterocycles. The SMILES string of the molecule is CC(C)CC(N)C(=O)N(C)Cc1cccs1. The number of likely N-dealkylation sites (N-methyl/N-ethyl adjacent to an activating group) is 1. The fourth-order valence-electron chi connectivity index (χ4n) is 1.61. The lowest BCUT2D eigenvalue weighted by Crippen LogP contribution is -2.42. The van der Waals surface area contributed by atoms with Gasteiger partial charge in [-0.2, -0.15) is 0 Å². The Hall–Kier alpha value is -0.870. The summed E-state index contributed by atoms with van der Waals surface area (Å²) in [4.78, 5) is 14.8. The topological polar surface area (TPSA) is 46.3 Å². The molecule has 1 aromatic rings. The summed E-state index contributed by atoms with van der Waals surface area (Å²) in [5.41, 5.74) is 5.86. The number of thiophene rings is 1. The lowest BCUT2D eigenvalue weighted by molar-refractivity contribution is -0.132. The second kappa shape index (κ2) is 6.01. The Bertz CT molecular complexity index is 322. The molecule has 0 aliphatic rings. The number of hydrogen-bond donors (Lipinski definition) is 1. The van der Waals surface area contributed by atoms with E-state index in [0.29, 0.717) is 12.5 Å². The molecule has 0 saturated carbocycles. The number of carbonyl (C=O) groups is 1. The first-order chi connectivity index (χ1) is 7.50. The van der Waals surface area contributed by atoms with Crippen LogP contribution in [-0.2, 0) is 11.3 Å². The van der Waals surface area contributed by atoms with E-state index in [0.717, 1.165) is 6.42 Å². The molecule has 0 bridgehead atoms. The Labute approximate surface area is 101 Å². The summed E-state index contributed by atoms with van der Waals surface area (Å²) in [6.07, 6.45) is 0.744. The average Bonchev–Trinajstić information content (AvgIpc) is 2.68. The summed E-state index contributed by atoms with van der Waals surface area (Å²) in [5, 5.41) is 2.02. The Morgan fingerprint density at radius 2 is 2.25 bits per heavy atom. The van der Waals surface area contributed by atoms with Crippen molar-refractivity contribution in [3.8, 4) is 0 Å². The monoisotopic (exact) mass is 240 g/mol. The van der Waals surface area contributed by atoms with Gasteiger partial charge in [0.2, 0.25) is 5.91 Å². The largest absolute Gasteiger partial charge is 0.339 e. The molecule has 1 amide bonds. The summed E-state index contributed by atoms with van der Waals surface area (Å²) >= 11 is 1.66. The fourth-order valence-corrected chi connectivity index (χ4v) is 2.36. The molecule has 3 nitrogen and oxygen atoms in total. The van der Waals surface area contributed by atoms with E-state index in [9.17, 15) is 4.79 Å². The van der Waals surface area contributed by atoms with Crippen LogP contribution < -0.4 is 5.73 Å². The smallest absolute Gasteiger partial charge is 0.239 e. The third-order valence-corrected chi connectivity index (χ3v) is 3.25. The summed E-state index contributed by atoms with van der Waals surface area (Å²) in [6.45, 7) is 4.81. The minimum atomic E-state index is -0.370. The van der Waals surface area contributed by atoms with Crippen molar-refractivity contribution in [2.75, 3.05) is 7.05 Å². The zero-order chi connectivity index (χ0) is 12.1. The van der Waals surface area contributed by atoms with Gasteiger partial charge < -0.3 is 10.6 Å². The second-order valence-electron chi connectivity index (χ2n) is 4.51. The highest BCUT2D eigenvalue weighted by atomic mass is 32.1. The predicted molar refractivity (Wildman–Crippen MR) is 68.2 cm³/mol. The molecule has 0 radical (unpaired) electrons. The van der Waals surface area contributed by atoms with E-state index in [4.69, 9.17) is 5.73 Å². The van der Waals surface area contributed by atoms with E-state index in [1.165, 1.54) is 4.88 Å². The highest BCUT2D eigenvalue weighted by Crippen LogP contribution is 2.12. The molecule has 0 spiro atoms. The van der Waals surface area contributed by atoms with E-state index in [-0.39, 0.29) is 11.9 Å². The van der Waals surface area contributed by atoms with Crippen molar-refractivity contribution < 1.29 is 4.79 Å². The van der Waals surface area contributed by atoms with Crippen LogP contribution in [0.5, 0.6) is 0 Å². The van der Waals surface area contributed by atoms with Gasteiger partial charge in [0.1, 0.15) is 0 Å². The van der Waals surface area contributed by atoms with Gasteiger partial charge in [0.25, 0.3) is 0 Å². The molecule has 16 heavy (non-hydrogen) atoms. The maximum absolute atomic E-state index is 11.9. The van der Waals surface area contributed by atoms with Gasteiger partial charge in [0, 0.05) is 11.9 Å². The van der Waals surface area contributed by atoms with Crippen molar-refractivity contribution in [2.45, 2.75) is 32.9 Å². The standard InChI is InChI=1S/C12H20N2OS/c1-9(2)7-11(13)12(15)14(3)8-10-5-4-6-16-10/h4-6,9,11H,7-8,13H2,1-3H3. The molecule has 0 fully saturated rings. The van der Waals surface area contributed by atoms with E-state index in [1.807, 2.05) is 24.6 Å². The van der Waals surface area contributed by atoms with Crippen molar-refractivity contribution in [2.24, 2.45) is 11.7 Å². The molecule has 4 heteroatoms. The summed E-state index contributed by atoms with van der Waals surface area (Å²) in [6, 6.07) is 3.65. The lowest BCUT2D eigenvalue weighted by atomic mass is 10.0. The highest BCUT2D eigenvalue weighted by molar-refractivity contribution is 7.09. The van der Waals surface area contributed by atoms with Gasteiger partial charge in [0.05, 0.1) is 12.6 Å². The zero-order valence-electron chi connectivity index (χ0n) is 10.1. The van der Waals surface area contributed by atoms with E-state index < -0.39 is 0 Å². The molecule has 1 rings (SSSR count). The number of carbonyl (C=O) groups excluding carboxylic acids is 1. The number of nitrogens with two attached hydrogens (primary N) is 1. The van der Waals surface area contributed by atoms with E-state index in [2.05, 4.69) is 13.8 Å². The number of rotatable bonds is 5. The van der Waals surface area contributed by atoms with Crippen LogP contribution >= 0.6 is 11.3 Å². The molecule has 0 aliphatic carbocycles. The van der Waals surface area contributed by atoms with Gasteiger partial charge in [-0.3, -0.25) is 4.79 Å². The quantitative estimate of drug-likeness (QED) is 0.856.